The minimum atomic E-state index is -1.91. The van der Waals surface area contributed by atoms with Crippen LogP contribution in [-0.4, -0.2) is 32.9 Å². The van der Waals surface area contributed by atoms with Crippen LogP contribution in [0.1, 0.15) is 70.0 Å². The number of hydrogen-bond acceptors (Lipinski definition) is 9. The van der Waals surface area contributed by atoms with E-state index in [-0.39, 0.29) is 18.1 Å². The molecule has 0 aliphatic carbocycles. The van der Waals surface area contributed by atoms with Gasteiger partial charge in [-0.15, -0.1) is 0 Å². The van der Waals surface area contributed by atoms with Gasteiger partial charge in [-0.2, -0.15) is 15.8 Å². The number of nitriles is 3. The number of aromatic carboxylic acids is 3. The number of carboxylic acids is 3. The number of carbonyl (C=O) groups excluding carboxylic acids is 3. The first kappa shape index (κ1) is 44.1. The third-order valence-corrected chi connectivity index (χ3v) is 8.80. The van der Waals surface area contributed by atoms with E-state index in [1.54, 1.807) is 0 Å². The van der Waals surface area contributed by atoms with E-state index in [0.29, 0.717) is 0 Å². The molecule has 7 rings (SSSR count). The molecule has 0 aliphatic rings. The second-order valence-electron chi connectivity index (χ2n) is 12.8. The average molecular weight is 802 g/mol. The highest BCUT2D eigenvalue weighted by Gasteiger charge is 2.20. The highest BCUT2D eigenvalue weighted by Crippen LogP contribution is 2.16. The van der Waals surface area contributed by atoms with Crippen LogP contribution in [0.5, 0.6) is 0 Å². The molecule has 0 saturated carbocycles. The summed E-state index contributed by atoms with van der Waals surface area (Å²) in [5.41, 5.74) is 0.810. The van der Waals surface area contributed by atoms with Gasteiger partial charge >= 0.3 is 0 Å². The van der Waals surface area contributed by atoms with Gasteiger partial charge in [-0.1, -0.05) is 72.8 Å². The van der Waals surface area contributed by atoms with Crippen LogP contribution in [0.15, 0.2) is 146 Å². The Kier molecular flexibility index (Phi) is 15.9. The lowest BCUT2D eigenvalue weighted by Crippen LogP contribution is -2.37. The van der Waals surface area contributed by atoms with Gasteiger partial charge in [-0.3, -0.25) is 0 Å². The van der Waals surface area contributed by atoms with Crippen molar-refractivity contribution in [2.45, 2.75) is 38.9 Å². The standard InChI is InChI=1S/3C12H11N3.C9H6O6/c3*1-10(9-13)15-8-7-14-12(15)11-5-3-2-4-6-11;10-7(11)4-2-1-3-5(8(12)13)6(4)9(14)15/h3*2-8,10H,1H3;1-3H,(H,10,11)(H,12,13)(H,14,15). The van der Waals surface area contributed by atoms with E-state index >= 15 is 0 Å². The van der Waals surface area contributed by atoms with Gasteiger partial charge in [-0.25, -0.2) is 28.7 Å². The Hall–Kier alpha value is -8.61. The summed E-state index contributed by atoms with van der Waals surface area (Å²) in [7, 11) is 0. The zero-order chi connectivity index (χ0) is 43.6. The summed E-state index contributed by atoms with van der Waals surface area (Å²) < 4.78 is 5.78. The molecule has 3 atom stereocenters. The number of hydrogen-bond donors (Lipinski definition) is 3. The number of aromatic amines is 3. The van der Waals surface area contributed by atoms with Crippen molar-refractivity contribution in [3.63, 3.8) is 0 Å². The molecule has 0 bridgehead atoms. The second kappa shape index (κ2) is 21.6. The van der Waals surface area contributed by atoms with E-state index in [1.165, 1.54) is 0 Å². The van der Waals surface area contributed by atoms with E-state index in [0.717, 1.165) is 52.4 Å². The topological polar surface area (TPSA) is 251 Å². The lowest BCUT2D eigenvalue weighted by atomic mass is 10.0. The summed E-state index contributed by atoms with van der Waals surface area (Å²) in [6.45, 7) is 5.63. The molecule has 300 valence electrons. The number of aromatic nitrogens is 6. The number of H-pyrrole nitrogens is 3. The van der Waals surface area contributed by atoms with Gasteiger partial charge in [0.15, 0.2) is 18.1 Å². The van der Waals surface area contributed by atoms with Crippen molar-refractivity contribution in [3.8, 4) is 52.4 Å². The van der Waals surface area contributed by atoms with Crippen molar-refractivity contribution in [1.82, 2.24) is 15.0 Å². The summed E-state index contributed by atoms with van der Waals surface area (Å²) in [6.07, 6.45) is 11.2. The molecule has 0 spiro atoms. The molecule has 3 aromatic heterocycles. The Morgan fingerprint density at radius 2 is 0.750 bits per heavy atom. The van der Waals surface area contributed by atoms with Crippen molar-refractivity contribution < 1.29 is 43.4 Å². The molecule has 60 heavy (non-hydrogen) atoms. The van der Waals surface area contributed by atoms with Crippen molar-refractivity contribution >= 4 is 17.9 Å². The van der Waals surface area contributed by atoms with Crippen LogP contribution in [-0.2, 0) is 0 Å². The predicted molar refractivity (Wildman–Crippen MR) is 210 cm³/mol. The van der Waals surface area contributed by atoms with Crippen LogP contribution in [0, 0.1) is 34.0 Å². The molecule has 3 heterocycles. The molecule has 15 heteroatoms. The van der Waals surface area contributed by atoms with Gasteiger partial charge in [0.25, 0.3) is 17.5 Å². The summed E-state index contributed by atoms with van der Waals surface area (Å²) in [5.74, 6) is -2.61. The maximum Gasteiger partial charge on any atom is 0.287 e. The maximum atomic E-state index is 10.6. The smallest absolute Gasteiger partial charge is 0.287 e. The van der Waals surface area contributed by atoms with Crippen LogP contribution >= 0.6 is 0 Å². The van der Waals surface area contributed by atoms with Gasteiger partial charge in [-0.05, 0) is 57.2 Å². The summed E-state index contributed by atoms with van der Waals surface area (Å²) in [4.78, 5) is 41.0. The fraction of sp³-hybridized carbons (Fsp3) is 0.133. The number of benzene rings is 4. The Labute approximate surface area is 345 Å². The van der Waals surface area contributed by atoms with Gasteiger partial charge in [0.05, 0.1) is 34.6 Å². The first-order valence-corrected chi connectivity index (χ1v) is 18.3. The van der Waals surface area contributed by atoms with Gasteiger partial charge < -0.3 is 29.7 Å². The number of carbonyl (C=O) groups is 3. The minimum Gasteiger partial charge on any atom is -0.545 e. The lowest BCUT2D eigenvalue weighted by Gasteiger charge is -2.16. The molecule has 3 N–H and O–H groups in total. The number of carboxylic acid groups (broad SMARTS) is 3. The van der Waals surface area contributed by atoms with E-state index < -0.39 is 34.6 Å². The summed E-state index contributed by atoms with van der Waals surface area (Å²) >= 11 is 0. The average Bonchev–Trinajstić information content (AvgIpc) is 4.09. The fourth-order valence-corrected chi connectivity index (χ4v) is 5.79. The Morgan fingerprint density at radius 3 is 0.983 bits per heavy atom. The van der Waals surface area contributed by atoms with E-state index in [4.69, 9.17) is 15.8 Å². The van der Waals surface area contributed by atoms with Crippen molar-refractivity contribution in [3.05, 3.63) is 163 Å². The molecule has 15 nitrogen and oxygen atoms in total. The fourth-order valence-electron chi connectivity index (χ4n) is 5.79. The highest BCUT2D eigenvalue weighted by atomic mass is 16.4. The third kappa shape index (κ3) is 11.3. The summed E-state index contributed by atoms with van der Waals surface area (Å²) in [6, 6.07) is 39.0. The molecule has 0 radical (unpaired) electrons. The molecular weight excluding hydrogens is 763 g/mol. The second-order valence-corrected chi connectivity index (χ2v) is 12.8. The minimum absolute atomic E-state index is 0.161. The molecule has 0 amide bonds. The molecule has 3 unspecified atom stereocenters. The first-order valence-electron chi connectivity index (χ1n) is 18.3. The zero-order valence-corrected chi connectivity index (χ0v) is 32.7. The van der Waals surface area contributed by atoms with E-state index in [9.17, 15) is 29.7 Å². The lowest BCUT2D eigenvalue weighted by molar-refractivity contribution is -0.695. The van der Waals surface area contributed by atoms with Crippen LogP contribution in [0.25, 0.3) is 34.2 Å². The van der Waals surface area contributed by atoms with Crippen molar-refractivity contribution in [2.75, 3.05) is 0 Å². The van der Waals surface area contributed by atoms with Crippen molar-refractivity contribution in [1.29, 1.82) is 15.8 Å². The molecule has 0 saturated heterocycles. The Bertz CT molecular complexity index is 2380. The van der Waals surface area contributed by atoms with Crippen LogP contribution in [0.4, 0.5) is 0 Å². The summed E-state index contributed by atoms with van der Waals surface area (Å²) in [5, 5.41) is 58.2. The first-order chi connectivity index (χ1) is 28.9. The molecule has 0 aliphatic heterocycles. The number of nitrogens with zero attached hydrogens (tertiary/aromatic N) is 6. The molecule has 7 aromatic rings. The Balaban J connectivity index is 0.000000176. The van der Waals surface area contributed by atoms with E-state index in [2.05, 4.69) is 33.2 Å². The monoisotopic (exact) mass is 801 g/mol. The zero-order valence-electron chi connectivity index (χ0n) is 32.7. The van der Waals surface area contributed by atoms with Gasteiger partial charge in [0, 0.05) is 16.7 Å². The van der Waals surface area contributed by atoms with Crippen molar-refractivity contribution in [2.24, 2.45) is 0 Å². The normalized spacial score (nSPS) is 11.4. The third-order valence-electron chi connectivity index (χ3n) is 8.80. The maximum absolute atomic E-state index is 10.6. The largest absolute Gasteiger partial charge is 0.545 e. The van der Waals surface area contributed by atoms with Crippen LogP contribution in [0.2, 0.25) is 0 Å². The van der Waals surface area contributed by atoms with Gasteiger partial charge in [0.2, 0.25) is 0 Å². The van der Waals surface area contributed by atoms with Crippen LogP contribution in [0.3, 0.4) is 0 Å². The molecule has 0 fully saturated rings. The number of nitrogens with one attached hydrogen (secondary N) is 3. The number of imidazole rings is 3. The SMILES string of the molecule is CC(C#N)[n+]1cc[nH]c1-c1ccccc1.CC(C#N)[n+]1cc[nH]c1-c1ccccc1.CC(C#N)[n+]1cc[nH]c1-c1ccccc1.O=C([O-])c1cccc(C(=O)[O-])c1C(=O)[O-]. The molecular formula is C45H39N9O6. The van der Waals surface area contributed by atoms with Crippen LogP contribution < -0.4 is 29.0 Å². The quantitative estimate of drug-likeness (QED) is 0.181. The number of rotatable bonds is 9. The van der Waals surface area contributed by atoms with E-state index in [1.807, 2.05) is 163 Å². The predicted octanol–water partition coefficient (Wildman–Crippen LogP) is 2.94. The van der Waals surface area contributed by atoms with Gasteiger partial charge in [0.1, 0.15) is 55.4 Å². The molecule has 4 aromatic carbocycles. The highest BCUT2D eigenvalue weighted by molar-refractivity contribution is 6.07. The Morgan fingerprint density at radius 1 is 0.467 bits per heavy atom.